The first-order valence-corrected chi connectivity index (χ1v) is 8.42. The van der Waals surface area contributed by atoms with Crippen molar-refractivity contribution >= 4 is 5.71 Å². The van der Waals surface area contributed by atoms with Crippen LogP contribution in [0.5, 0.6) is 0 Å². The van der Waals surface area contributed by atoms with Crippen molar-refractivity contribution < 1.29 is 4.74 Å². The highest BCUT2D eigenvalue weighted by Crippen LogP contribution is 2.17. The summed E-state index contributed by atoms with van der Waals surface area (Å²) < 4.78 is 5.37. The van der Waals surface area contributed by atoms with Crippen LogP contribution >= 0.6 is 0 Å². The van der Waals surface area contributed by atoms with E-state index in [0.29, 0.717) is 17.4 Å². The monoisotopic (exact) mass is 345 g/mol. The molecule has 2 heteroatoms. The molecule has 134 valence electrons. The lowest BCUT2D eigenvalue weighted by molar-refractivity contribution is 0.381. The number of hydrogen-bond acceptors (Lipinski definition) is 2. The van der Waals surface area contributed by atoms with Gasteiger partial charge in [0.05, 0.1) is 6.26 Å². The molecule has 1 rings (SSSR count). The SMILES string of the molecule is C=CC\C=C/N=C(C(=C)OC=C)/C1=C/C(=C)/C=C\C(C)/C=C\C(=C)/C=C\1. The van der Waals surface area contributed by atoms with Crippen LogP contribution in [0, 0.1) is 5.92 Å². The molecule has 1 aliphatic rings. The Morgan fingerprint density at radius 3 is 2.46 bits per heavy atom. The van der Waals surface area contributed by atoms with Crippen LogP contribution in [0.25, 0.3) is 0 Å². The van der Waals surface area contributed by atoms with Gasteiger partial charge in [0, 0.05) is 11.8 Å². The van der Waals surface area contributed by atoms with Gasteiger partial charge in [-0.1, -0.05) is 81.8 Å². The Balaban J connectivity index is 3.39. The summed E-state index contributed by atoms with van der Waals surface area (Å²) in [5, 5.41) is 0. The predicted molar refractivity (Wildman–Crippen MR) is 115 cm³/mol. The van der Waals surface area contributed by atoms with E-state index < -0.39 is 0 Å². The molecule has 0 aromatic carbocycles. The first-order valence-electron chi connectivity index (χ1n) is 8.42. The van der Waals surface area contributed by atoms with Gasteiger partial charge in [-0.25, -0.2) is 0 Å². The van der Waals surface area contributed by atoms with Gasteiger partial charge in [-0.3, -0.25) is 4.99 Å². The maximum atomic E-state index is 5.37. The molecular weight excluding hydrogens is 318 g/mol. The Morgan fingerprint density at radius 2 is 1.81 bits per heavy atom. The summed E-state index contributed by atoms with van der Waals surface area (Å²) in [6.07, 6.45) is 21.4. The zero-order chi connectivity index (χ0) is 19.4. The van der Waals surface area contributed by atoms with E-state index in [0.717, 1.165) is 23.1 Å². The zero-order valence-electron chi connectivity index (χ0n) is 15.5. The molecule has 0 heterocycles. The lowest BCUT2D eigenvalue weighted by Gasteiger charge is -2.10. The minimum atomic E-state index is 0.292. The van der Waals surface area contributed by atoms with Crippen LogP contribution in [0.15, 0.2) is 128 Å². The summed E-state index contributed by atoms with van der Waals surface area (Å²) in [5.74, 6) is 0.696. The fraction of sp³-hybridized carbons (Fsp3) is 0.125. The molecule has 26 heavy (non-hydrogen) atoms. The van der Waals surface area contributed by atoms with Crippen molar-refractivity contribution in [3.05, 3.63) is 123 Å². The second-order valence-electron chi connectivity index (χ2n) is 5.75. The molecule has 0 spiro atoms. The smallest absolute Gasteiger partial charge is 0.145 e. The molecule has 0 bridgehead atoms. The maximum absolute atomic E-state index is 5.37. The zero-order valence-corrected chi connectivity index (χ0v) is 15.5. The minimum Gasteiger partial charge on any atom is -0.464 e. The summed E-state index contributed by atoms with van der Waals surface area (Å²) in [5.41, 5.74) is 3.16. The molecule has 0 aromatic rings. The summed E-state index contributed by atoms with van der Waals surface area (Å²) >= 11 is 0. The van der Waals surface area contributed by atoms with E-state index in [4.69, 9.17) is 4.74 Å². The summed E-state index contributed by atoms with van der Waals surface area (Å²) in [6, 6.07) is 0. The summed E-state index contributed by atoms with van der Waals surface area (Å²) in [7, 11) is 0. The Labute approximate surface area is 157 Å². The molecule has 0 aliphatic heterocycles. The summed E-state index contributed by atoms with van der Waals surface area (Å²) in [6.45, 7) is 21.5. The Morgan fingerprint density at radius 1 is 1.12 bits per heavy atom. The van der Waals surface area contributed by atoms with Gasteiger partial charge in [-0.05, 0) is 29.6 Å². The van der Waals surface area contributed by atoms with Crippen LogP contribution in [0.1, 0.15) is 13.3 Å². The lowest BCUT2D eigenvalue weighted by Crippen LogP contribution is -2.06. The topological polar surface area (TPSA) is 21.6 Å². The quantitative estimate of drug-likeness (QED) is 0.291. The van der Waals surface area contributed by atoms with E-state index in [2.05, 4.69) is 57.0 Å². The van der Waals surface area contributed by atoms with Crippen molar-refractivity contribution in [2.24, 2.45) is 10.9 Å². The Kier molecular flexibility index (Phi) is 9.19. The van der Waals surface area contributed by atoms with Crippen molar-refractivity contribution in [1.29, 1.82) is 0 Å². The third-order valence-electron chi connectivity index (χ3n) is 3.42. The highest BCUT2D eigenvalue weighted by molar-refractivity contribution is 6.13. The van der Waals surface area contributed by atoms with Crippen LogP contribution in [-0.4, -0.2) is 5.71 Å². The fourth-order valence-electron chi connectivity index (χ4n) is 2.06. The maximum Gasteiger partial charge on any atom is 0.145 e. The van der Waals surface area contributed by atoms with E-state index >= 15 is 0 Å². The Bertz CT molecular complexity index is 751. The van der Waals surface area contributed by atoms with Crippen LogP contribution in [0.3, 0.4) is 0 Å². The number of ether oxygens (including phenoxy) is 1. The summed E-state index contributed by atoms with van der Waals surface area (Å²) in [4.78, 5) is 4.51. The number of rotatable bonds is 7. The van der Waals surface area contributed by atoms with Crippen LogP contribution < -0.4 is 0 Å². The van der Waals surface area contributed by atoms with Crippen LogP contribution in [0.2, 0.25) is 0 Å². The van der Waals surface area contributed by atoms with Gasteiger partial charge in [0.15, 0.2) is 0 Å². The number of hydrogen-bond donors (Lipinski definition) is 0. The molecule has 1 aliphatic carbocycles. The van der Waals surface area contributed by atoms with Gasteiger partial charge in [0.25, 0.3) is 0 Å². The normalized spacial score (nSPS) is 24.1. The molecule has 1 unspecified atom stereocenters. The van der Waals surface area contributed by atoms with Crippen LogP contribution in [-0.2, 0) is 4.74 Å². The largest absolute Gasteiger partial charge is 0.464 e. The molecule has 0 saturated carbocycles. The van der Waals surface area contributed by atoms with E-state index in [1.807, 2.05) is 36.5 Å². The molecule has 0 fully saturated rings. The first-order chi connectivity index (χ1) is 12.5. The van der Waals surface area contributed by atoms with Gasteiger partial charge < -0.3 is 4.74 Å². The van der Waals surface area contributed by atoms with E-state index in [1.54, 1.807) is 12.3 Å². The molecule has 0 radical (unpaired) electrons. The second-order valence-corrected chi connectivity index (χ2v) is 5.75. The third kappa shape index (κ3) is 7.63. The van der Waals surface area contributed by atoms with E-state index in [1.165, 1.54) is 6.26 Å². The highest BCUT2D eigenvalue weighted by atomic mass is 16.5. The van der Waals surface area contributed by atoms with E-state index in [9.17, 15) is 0 Å². The Hall–Kier alpha value is -3.13. The van der Waals surface area contributed by atoms with Gasteiger partial charge in [-0.15, -0.1) is 6.58 Å². The van der Waals surface area contributed by atoms with Crippen molar-refractivity contribution in [3.8, 4) is 0 Å². The molecule has 2 nitrogen and oxygen atoms in total. The molecule has 0 N–H and O–H groups in total. The van der Waals surface area contributed by atoms with Crippen molar-refractivity contribution in [2.75, 3.05) is 0 Å². The highest BCUT2D eigenvalue weighted by Gasteiger charge is 2.10. The number of nitrogens with zero attached hydrogens (tertiary/aromatic N) is 1. The predicted octanol–water partition coefficient (Wildman–Crippen LogP) is 6.55. The molecular formula is C24H27NO. The van der Waals surface area contributed by atoms with Crippen molar-refractivity contribution in [3.63, 3.8) is 0 Å². The molecule has 0 saturated heterocycles. The molecule has 1 atom stereocenters. The minimum absolute atomic E-state index is 0.292. The van der Waals surface area contributed by atoms with Crippen LogP contribution in [0.4, 0.5) is 0 Å². The second kappa shape index (κ2) is 11.4. The van der Waals surface area contributed by atoms with Crippen molar-refractivity contribution in [2.45, 2.75) is 13.3 Å². The van der Waals surface area contributed by atoms with Gasteiger partial charge in [0.1, 0.15) is 11.5 Å². The lowest BCUT2D eigenvalue weighted by atomic mass is 10.0. The fourth-order valence-corrected chi connectivity index (χ4v) is 2.06. The van der Waals surface area contributed by atoms with Gasteiger partial charge in [0.2, 0.25) is 0 Å². The average Bonchev–Trinajstić information content (AvgIpc) is 2.64. The number of aliphatic imine (C=N–C) groups is 1. The number of allylic oxidation sites excluding steroid dienone is 12. The first kappa shape index (κ1) is 20.9. The molecule has 0 amide bonds. The van der Waals surface area contributed by atoms with Crippen molar-refractivity contribution in [1.82, 2.24) is 0 Å². The molecule has 0 aromatic heterocycles. The van der Waals surface area contributed by atoms with E-state index in [-0.39, 0.29) is 0 Å². The average molecular weight is 345 g/mol. The third-order valence-corrected chi connectivity index (χ3v) is 3.42. The van der Waals surface area contributed by atoms with Gasteiger partial charge in [-0.2, -0.15) is 0 Å². The van der Waals surface area contributed by atoms with Gasteiger partial charge >= 0.3 is 0 Å². The standard InChI is InChI=1S/C24H27NO/c1-7-9-10-17-25-24(22(6)26-8-2)23-16-15-20(4)12-11-19(3)13-14-21(5)18-23/h7-8,10-19H,1-2,4-6,9H2,3H3/b12-11-,14-13-,16-15-,17-10-,23-18+,25-24+.